The minimum atomic E-state index is -0.0815. The van der Waals surface area contributed by atoms with Gasteiger partial charge in [0.25, 0.3) is 0 Å². The summed E-state index contributed by atoms with van der Waals surface area (Å²) in [5.41, 5.74) is 1.06. The number of rotatable bonds is 11. The van der Waals surface area contributed by atoms with E-state index >= 15 is 0 Å². The third kappa shape index (κ3) is 9.01. The Labute approximate surface area is 140 Å². The first-order valence-corrected chi connectivity index (χ1v) is 8.73. The van der Waals surface area contributed by atoms with Crippen molar-refractivity contribution >= 4 is 11.8 Å². The number of benzene rings is 1. The SMILES string of the molecule is CCCC[C@@H](CC)CNC(=O)CCC(=O)NCc1ccccc1. The first kappa shape index (κ1) is 19.2. The van der Waals surface area contributed by atoms with Crippen LogP contribution in [0.5, 0.6) is 0 Å². The Morgan fingerprint density at radius 3 is 2.26 bits per heavy atom. The first-order chi connectivity index (χ1) is 11.2. The number of carbonyl (C=O) groups is 2. The summed E-state index contributed by atoms with van der Waals surface area (Å²) in [6.45, 7) is 5.57. The molecule has 23 heavy (non-hydrogen) atoms. The number of carbonyl (C=O) groups excluding carboxylic acids is 2. The van der Waals surface area contributed by atoms with Gasteiger partial charge in [0, 0.05) is 25.9 Å². The molecule has 0 saturated heterocycles. The lowest BCUT2D eigenvalue weighted by atomic mass is 9.99. The van der Waals surface area contributed by atoms with Gasteiger partial charge in [0.1, 0.15) is 0 Å². The third-order valence-electron chi connectivity index (χ3n) is 4.04. The van der Waals surface area contributed by atoms with Crippen molar-refractivity contribution in [2.75, 3.05) is 6.54 Å². The summed E-state index contributed by atoms with van der Waals surface area (Å²) < 4.78 is 0. The van der Waals surface area contributed by atoms with E-state index in [0.29, 0.717) is 12.5 Å². The minimum absolute atomic E-state index is 0.0326. The summed E-state index contributed by atoms with van der Waals surface area (Å²) in [5, 5.41) is 5.79. The van der Waals surface area contributed by atoms with E-state index in [2.05, 4.69) is 24.5 Å². The molecule has 1 aromatic rings. The monoisotopic (exact) mass is 318 g/mol. The highest BCUT2D eigenvalue weighted by atomic mass is 16.2. The molecule has 0 saturated carbocycles. The molecule has 0 bridgehead atoms. The second-order valence-corrected chi connectivity index (χ2v) is 5.98. The predicted octanol–water partition coefficient (Wildman–Crippen LogP) is 3.42. The fourth-order valence-corrected chi connectivity index (χ4v) is 2.40. The highest BCUT2D eigenvalue weighted by molar-refractivity contribution is 5.83. The van der Waals surface area contributed by atoms with E-state index in [1.807, 2.05) is 30.3 Å². The lowest BCUT2D eigenvalue weighted by molar-refractivity contribution is -0.126. The van der Waals surface area contributed by atoms with E-state index in [4.69, 9.17) is 0 Å². The normalized spacial score (nSPS) is 11.7. The molecule has 0 aliphatic rings. The zero-order valence-corrected chi connectivity index (χ0v) is 14.4. The maximum Gasteiger partial charge on any atom is 0.220 e. The minimum Gasteiger partial charge on any atom is -0.356 e. The first-order valence-electron chi connectivity index (χ1n) is 8.73. The summed E-state index contributed by atoms with van der Waals surface area (Å²) in [7, 11) is 0. The number of nitrogens with one attached hydrogen (secondary N) is 2. The van der Waals surface area contributed by atoms with E-state index in [1.165, 1.54) is 12.8 Å². The fourth-order valence-electron chi connectivity index (χ4n) is 2.40. The second kappa shape index (κ2) is 11.7. The van der Waals surface area contributed by atoms with Crippen LogP contribution in [0.1, 0.15) is 57.9 Å². The topological polar surface area (TPSA) is 58.2 Å². The Balaban J connectivity index is 2.15. The van der Waals surface area contributed by atoms with Gasteiger partial charge in [0.2, 0.25) is 11.8 Å². The van der Waals surface area contributed by atoms with E-state index in [9.17, 15) is 9.59 Å². The van der Waals surface area contributed by atoms with Crippen molar-refractivity contribution in [3.63, 3.8) is 0 Å². The highest BCUT2D eigenvalue weighted by Crippen LogP contribution is 2.11. The molecule has 0 aliphatic heterocycles. The lowest BCUT2D eigenvalue weighted by Crippen LogP contribution is -2.31. The summed E-state index contributed by atoms with van der Waals surface area (Å²) in [5.74, 6) is 0.433. The van der Waals surface area contributed by atoms with Gasteiger partial charge >= 0.3 is 0 Å². The van der Waals surface area contributed by atoms with E-state index in [0.717, 1.165) is 24.9 Å². The molecular formula is C19H30N2O2. The quantitative estimate of drug-likeness (QED) is 0.657. The maximum atomic E-state index is 11.8. The Morgan fingerprint density at radius 2 is 1.65 bits per heavy atom. The summed E-state index contributed by atoms with van der Waals surface area (Å²) in [4.78, 5) is 23.6. The van der Waals surface area contributed by atoms with Crippen LogP contribution in [-0.4, -0.2) is 18.4 Å². The van der Waals surface area contributed by atoms with Crippen molar-refractivity contribution in [3.8, 4) is 0 Å². The third-order valence-corrected chi connectivity index (χ3v) is 4.04. The van der Waals surface area contributed by atoms with Gasteiger partial charge in [0.05, 0.1) is 0 Å². The van der Waals surface area contributed by atoms with Crippen molar-refractivity contribution in [2.45, 2.75) is 58.9 Å². The largest absolute Gasteiger partial charge is 0.356 e. The van der Waals surface area contributed by atoms with Gasteiger partial charge in [-0.15, -0.1) is 0 Å². The molecule has 128 valence electrons. The average molecular weight is 318 g/mol. The standard InChI is InChI=1S/C19H30N2O2/c1-3-5-9-16(4-2)14-20-18(22)12-13-19(23)21-15-17-10-7-6-8-11-17/h6-8,10-11,16H,3-5,9,12-15H2,1-2H3,(H,20,22)(H,21,23)/t16-/m1/s1. The van der Waals surface area contributed by atoms with Gasteiger partial charge in [-0.05, 0) is 17.9 Å². The molecule has 0 radical (unpaired) electrons. The number of amides is 2. The molecule has 0 heterocycles. The number of hydrogen-bond donors (Lipinski definition) is 2. The van der Waals surface area contributed by atoms with Crippen molar-refractivity contribution in [2.24, 2.45) is 5.92 Å². The summed E-state index contributed by atoms with van der Waals surface area (Å²) in [6, 6.07) is 9.76. The summed E-state index contributed by atoms with van der Waals surface area (Å²) in [6.07, 6.45) is 5.13. The Morgan fingerprint density at radius 1 is 1.00 bits per heavy atom. The molecule has 1 atom stereocenters. The molecule has 1 rings (SSSR count). The predicted molar refractivity (Wildman–Crippen MR) is 93.8 cm³/mol. The van der Waals surface area contributed by atoms with Crippen LogP contribution in [-0.2, 0) is 16.1 Å². The van der Waals surface area contributed by atoms with Crippen molar-refractivity contribution in [3.05, 3.63) is 35.9 Å². The fraction of sp³-hybridized carbons (Fsp3) is 0.579. The lowest BCUT2D eigenvalue weighted by Gasteiger charge is -2.15. The van der Waals surface area contributed by atoms with Gasteiger partial charge in [-0.1, -0.05) is 63.4 Å². The Kier molecular flexibility index (Phi) is 9.76. The van der Waals surface area contributed by atoms with Crippen LogP contribution in [0.2, 0.25) is 0 Å². The van der Waals surface area contributed by atoms with Gasteiger partial charge in [-0.25, -0.2) is 0 Å². The molecular weight excluding hydrogens is 288 g/mol. The molecule has 0 aromatic heterocycles. The zero-order valence-electron chi connectivity index (χ0n) is 14.4. The molecule has 4 heteroatoms. The van der Waals surface area contributed by atoms with Gasteiger partial charge in [0.15, 0.2) is 0 Å². The second-order valence-electron chi connectivity index (χ2n) is 5.98. The van der Waals surface area contributed by atoms with Crippen LogP contribution in [0.4, 0.5) is 0 Å². The number of hydrogen-bond acceptors (Lipinski definition) is 2. The van der Waals surface area contributed by atoms with Gasteiger partial charge in [-0.3, -0.25) is 9.59 Å². The van der Waals surface area contributed by atoms with Crippen molar-refractivity contribution < 1.29 is 9.59 Å². The molecule has 0 unspecified atom stereocenters. The average Bonchev–Trinajstić information content (AvgIpc) is 2.59. The van der Waals surface area contributed by atoms with Gasteiger partial charge < -0.3 is 10.6 Å². The van der Waals surface area contributed by atoms with Crippen LogP contribution in [0.3, 0.4) is 0 Å². The molecule has 0 spiro atoms. The molecule has 2 amide bonds. The van der Waals surface area contributed by atoms with Crippen LogP contribution in [0, 0.1) is 5.92 Å². The van der Waals surface area contributed by atoms with Crippen molar-refractivity contribution in [1.82, 2.24) is 10.6 Å². The summed E-state index contributed by atoms with van der Waals surface area (Å²) >= 11 is 0. The van der Waals surface area contributed by atoms with Crippen LogP contribution in [0.15, 0.2) is 30.3 Å². The molecule has 2 N–H and O–H groups in total. The maximum absolute atomic E-state index is 11.8. The number of unbranched alkanes of at least 4 members (excludes halogenated alkanes) is 1. The Bertz CT molecular complexity index is 460. The van der Waals surface area contributed by atoms with Crippen LogP contribution >= 0.6 is 0 Å². The molecule has 1 aromatic carbocycles. The van der Waals surface area contributed by atoms with Crippen LogP contribution in [0.25, 0.3) is 0 Å². The van der Waals surface area contributed by atoms with Crippen LogP contribution < -0.4 is 10.6 Å². The van der Waals surface area contributed by atoms with E-state index < -0.39 is 0 Å². The Hall–Kier alpha value is -1.84. The van der Waals surface area contributed by atoms with E-state index in [-0.39, 0.29) is 24.7 Å². The molecule has 0 fully saturated rings. The smallest absolute Gasteiger partial charge is 0.220 e. The molecule has 0 aliphatic carbocycles. The van der Waals surface area contributed by atoms with E-state index in [1.54, 1.807) is 0 Å². The van der Waals surface area contributed by atoms with Gasteiger partial charge in [-0.2, -0.15) is 0 Å². The van der Waals surface area contributed by atoms with Crippen molar-refractivity contribution in [1.29, 1.82) is 0 Å². The highest BCUT2D eigenvalue weighted by Gasteiger charge is 2.10. The molecule has 4 nitrogen and oxygen atoms in total. The zero-order chi connectivity index (χ0) is 16.9.